The normalized spacial score (nSPS) is 33.7. The summed E-state index contributed by atoms with van der Waals surface area (Å²) >= 11 is 0. The SMILES string of the molecule is CC(C)(C)[Si](C)(C)OC1OC(C(O)C[N+](=O)[O-])C2OCOC12. The maximum atomic E-state index is 10.6. The minimum absolute atomic E-state index is 0.0111. The summed E-state index contributed by atoms with van der Waals surface area (Å²) in [5, 5.41) is 20.6. The van der Waals surface area contributed by atoms with Crippen LogP contribution in [0.4, 0.5) is 0 Å². The lowest BCUT2D eigenvalue weighted by Crippen LogP contribution is -2.47. The molecule has 0 spiro atoms. The summed E-state index contributed by atoms with van der Waals surface area (Å²) in [7, 11) is -2.10. The van der Waals surface area contributed by atoms with Crippen molar-refractivity contribution < 1.29 is 28.7 Å². The minimum atomic E-state index is -2.10. The lowest BCUT2D eigenvalue weighted by atomic mass is 10.1. The summed E-state index contributed by atoms with van der Waals surface area (Å²) in [6.45, 7) is 9.98. The van der Waals surface area contributed by atoms with Crippen LogP contribution < -0.4 is 0 Å². The van der Waals surface area contributed by atoms with E-state index in [1.54, 1.807) is 0 Å². The van der Waals surface area contributed by atoms with Gasteiger partial charge in [0.15, 0.2) is 14.6 Å². The number of rotatable bonds is 5. The standard InChI is InChI=1S/C13H25NO7Si/c1-13(2,3)22(4,5)21-12-11-10(18-7-19-11)9(20-12)8(15)6-14(16)17/h8-12,15H,6-7H2,1-5H3. The van der Waals surface area contributed by atoms with E-state index in [0.29, 0.717) is 0 Å². The molecule has 1 N–H and O–H groups in total. The van der Waals surface area contributed by atoms with Crippen LogP contribution in [-0.2, 0) is 18.6 Å². The van der Waals surface area contributed by atoms with Crippen molar-refractivity contribution >= 4 is 8.32 Å². The molecule has 0 aromatic rings. The van der Waals surface area contributed by atoms with E-state index in [-0.39, 0.29) is 11.8 Å². The molecular weight excluding hydrogens is 310 g/mol. The van der Waals surface area contributed by atoms with Crippen LogP contribution in [0, 0.1) is 10.1 Å². The Morgan fingerprint density at radius 2 is 1.95 bits per heavy atom. The molecule has 0 amide bonds. The second-order valence-corrected chi connectivity index (χ2v) is 12.1. The van der Waals surface area contributed by atoms with Gasteiger partial charge in [0.05, 0.1) is 0 Å². The van der Waals surface area contributed by atoms with Crippen molar-refractivity contribution in [3.63, 3.8) is 0 Å². The third-order valence-corrected chi connectivity index (χ3v) is 9.09. The number of nitrogens with zero attached hydrogens (tertiary/aromatic N) is 1. The zero-order valence-corrected chi connectivity index (χ0v) is 14.6. The summed E-state index contributed by atoms with van der Waals surface area (Å²) in [6.07, 6.45) is -3.73. The Morgan fingerprint density at radius 1 is 1.36 bits per heavy atom. The van der Waals surface area contributed by atoms with E-state index in [2.05, 4.69) is 33.9 Å². The molecule has 8 nitrogen and oxygen atoms in total. The predicted molar refractivity (Wildman–Crippen MR) is 79.4 cm³/mol. The molecule has 0 radical (unpaired) electrons. The zero-order chi connectivity index (χ0) is 16.7. The molecule has 2 aliphatic rings. The van der Waals surface area contributed by atoms with Crippen LogP contribution in [0.1, 0.15) is 20.8 Å². The van der Waals surface area contributed by atoms with Gasteiger partial charge in [-0.1, -0.05) is 20.8 Å². The van der Waals surface area contributed by atoms with Gasteiger partial charge in [-0.25, -0.2) is 0 Å². The van der Waals surface area contributed by atoms with Crippen LogP contribution in [0.5, 0.6) is 0 Å². The van der Waals surface area contributed by atoms with E-state index < -0.39 is 50.5 Å². The zero-order valence-electron chi connectivity index (χ0n) is 13.6. The first-order valence-corrected chi connectivity index (χ1v) is 10.3. The van der Waals surface area contributed by atoms with Crippen molar-refractivity contribution in [2.45, 2.75) is 69.6 Å². The Morgan fingerprint density at radius 3 is 2.50 bits per heavy atom. The van der Waals surface area contributed by atoms with Gasteiger partial charge in [0, 0.05) is 4.92 Å². The molecule has 5 unspecified atom stereocenters. The number of nitro groups is 1. The van der Waals surface area contributed by atoms with E-state index in [1.807, 2.05) is 0 Å². The number of hydrogen-bond donors (Lipinski definition) is 1. The molecule has 0 bridgehead atoms. The van der Waals surface area contributed by atoms with Gasteiger partial charge in [0.25, 0.3) is 0 Å². The predicted octanol–water partition coefficient (Wildman–Crippen LogP) is 1.11. The van der Waals surface area contributed by atoms with Gasteiger partial charge in [-0.3, -0.25) is 10.1 Å². The second-order valence-electron chi connectivity index (χ2n) is 7.31. The van der Waals surface area contributed by atoms with Crippen molar-refractivity contribution in [3.05, 3.63) is 10.1 Å². The van der Waals surface area contributed by atoms with Crippen LogP contribution in [0.3, 0.4) is 0 Å². The fourth-order valence-corrected chi connectivity index (χ4v) is 3.46. The molecule has 0 saturated carbocycles. The molecule has 0 aromatic heterocycles. The number of fused-ring (bicyclic) bond motifs is 1. The molecule has 2 aliphatic heterocycles. The highest BCUT2D eigenvalue weighted by Gasteiger charge is 2.55. The van der Waals surface area contributed by atoms with E-state index in [1.165, 1.54) is 0 Å². The summed E-state index contributed by atoms with van der Waals surface area (Å²) in [5.74, 6) is 0. The van der Waals surface area contributed by atoms with Crippen LogP contribution in [0.25, 0.3) is 0 Å². The molecule has 2 fully saturated rings. The maximum Gasteiger partial charge on any atom is 0.232 e. The van der Waals surface area contributed by atoms with Crippen LogP contribution in [-0.4, -0.2) is 62.4 Å². The van der Waals surface area contributed by atoms with Gasteiger partial charge in [0.2, 0.25) is 6.54 Å². The largest absolute Gasteiger partial charge is 0.390 e. The Hall–Kier alpha value is -0.583. The van der Waals surface area contributed by atoms with Gasteiger partial charge in [-0.05, 0) is 18.1 Å². The number of hydrogen-bond acceptors (Lipinski definition) is 7. The fraction of sp³-hybridized carbons (Fsp3) is 1.00. The molecule has 128 valence electrons. The Bertz CT molecular complexity index is 425. The quantitative estimate of drug-likeness (QED) is 0.456. The Labute approximate surface area is 131 Å². The van der Waals surface area contributed by atoms with Crippen molar-refractivity contribution in [3.8, 4) is 0 Å². The number of aliphatic hydroxyl groups is 1. The average Bonchev–Trinajstić information content (AvgIpc) is 2.89. The topological polar surface area (TPSA) is 100 Å². The first-order chi connectivity index (χ1) is 10.0. The highest BCUT2D eigenvalue weighted by molar-refractivity contribution is 6.74. The molecule has 5 atom stereocenters. The first kappa shape index (κ1) is 17.8. The molecule has 0 aromatic carbocycles. The lowest BCUT2D eigenvalue weighted by molar-refractivity contribution is -0.493. The third-order valence-electron chi connectivity index (χ3n) is 4.66. The maximum absolute atomic E-state index is 10.6. The van der Waals surface area contributed by atoms with E-state index in [0.717, 1.165) is 0 Å². The molecule has 9 heteroatoms. The van der Waals surface area contributed by atoms with Crippen molar-refractivity contribution in [2.24, 2.45) is 0 Å². The molecular formula is C13H25NO7Si. The van der Waals surface area contributed by atoms with Crippen molar-refractivity contribution in [1.82, 2.24) is 0 Å². The van der Waals surface area contributed by atoms with Gasteiger partial charge < -0.3 is 23.7 Å². The third kappa shape index (κ3) is 3.49. The molecule has 2 rings (SSSR count). The van der Waals surface area contributed by atoms with Crippen LogP contribution in [0.2, 0.25) is 18.1 Å². The molecule has 2 heterocycles. The van der Waals surface area contributed by atoms with Crippen LogP contribution >= 0.6 is 0 Å². The number of aliphatic hydroxyl groups excluding tert-OH is 1. The minimum Gasteiger partial charge on any atom is -0.390 e. The van der Waals surface area contributed by atoms with E-state index in [4.69, 9.17) is 18.6 Å². The fourth-order valence-electron chi connectivity index (χ4n) is 2.34. The smallest absolute Gasteiger partial charge is 0.232 e. The molecule has 2 saturated heterocycles. The summed E-state index contributed by atoms with van der Waals surface area (Å²) in [5.41, 5.74) is 0. The second kappa shape index (κ2) is 6.14. The summed E-state index contributed by atoms with van der Waals surface area (Å²) in [6, 6.07) is 0. The average molecular weight is 335 g/mol. The number of ether oxygens (including phenoxy) is 3. The molecule has 0 aliphatic carbocycles. The highest BCUT2D eigenvalue weighted by Crippen LogP contribution is 2.41. The molecule has 22 heavy (non-hydrogen) atoms. The van der Waals surface area contributed by atoms with Gasteiger partial charge in [-0.2, -0.15) is 0 Å². The highest BCUT2D eigenvalue weighted by atomic mass is 28.4. The van der Waals surface area contributed by atoms with Crippen molar-refractivity contribution in [1.29, 1.82) is 0 Å². The monoisotopic (exact) mass is 335 g/mol. The van der Waals surface area contributed by atoms with Crippen molar-refractivity contribution in [2.75, 3.05) is 13.3 Å². The van der Waals surface area contributed by atoms with Gasteiger partial charge >= 0.3 is 0 Å². The van der Waals surface area contributed by atoms with E-state index in [9.17, 15) is 15.2 Å². The Kier molecular flexibility index (Phi) is 4.96. The Balaban J connectivity index is 2.09. The summed E-state index contributed by atoms with van der Waals surface area (Å²) < 4.78 is 22.9. The van der Waals surface area contributed by atoms with Gasteiger partial charge in [-0.15, -0.1) is 0 Å². The van der Waals surface area contributed by atoms with Gasteiger partial charge in [0.1, 0.15) is 31.2 Å². The first-order valence-electron chi connectivity index (χ1n) is 7.39. The van der Waals surface area contributed by atoms with Crippen LogP contribution in [0.15, 0.2) is 0 Å². The lowest BCUT2D eigenvalue weighted by Gasteiger charge is -2.38. The van der Waals surface area contributed by atoms with E-state index >= 15 is 0 Å². The summed E-state index contributed by atoms with van der Waals surface area (Å²) in [4.78, 5) is 10.0.